The molecule has 20 nitrogen and oxygen atoms in total. The first-order valence-corrected chi connectivity index (χ1v) is 42.2. The SMILES string of the molecule is C/C=C(/OCc1ccccc1)O[Si](C)(C)C.CC(C(=O)OCc1ccccc1)C(c1ccc(C(=O)O)cc1)c1ccc2c(cnn2-c2ccc(F)cc2)c1.COC(=O)c1ccc(C(c2ccc3c(cnn3-c3ccc(F)cc3)c2)C(C)C(=O)Nc2nncs2)cc1.N#Cc1ccc(Br)cc1.O=Cc1ccc2c(cnn2-c2ccc(F)cc2)c1. The lowest BCUT2D eigenvalue weighted by atomic mass is 9.80. The lowest BCUT2D eigenvalue weighted by molar-refractivity contribution is -0.149. The molecule has 0 fully saturated rings. The molecule has 4 atom stereocenters. The third-order valence-electron chi connectivity index (χ3n) is 18.5. The van der Waals surface area contributed by atoms with Gasteiger partial charge in [0.05, 0.1) is 88.0 Å². The monoisotopic (exact) mass is 1680 g/mol. The highest BCUT2D eigenvalue weighted by molar-refractivity contribution is 9.10. The predicted octanol–water partition coefficient (Wildman–Crippen LogP) is 20.8. The number of allylic oxidation sites excluding steroid dienone is 1. The molecular weight excluding hydrogens is 1600 g/mol. The zero-order chi connectivity index (χ0) is 83.8. The number of aldehydes is 1. The topological polar surface area (TPSA) is 258 Å². The number of carbonyl (C=O) groups is 5. The molecule has 4 aromatic heterocycles. The Balaban J connectivity index is 0.000000157. The Kier molecular flexibility index (Phi) is 29.2. The van der Waals surface area contributed by atoms with E-state index in [1.54, 1.807) is 123 Å². The van der Waals surface area contributed by atoms with Gasteiger partial charge in [-0.2, -0.15) is 20.6 Å². The number of halogens is 4. The Hall–Kier alpha value is -13.7. The lowest BCUT2D eigenvalue weighted by Crippen LogP contribution is -2.26. The van der Waals surface area contributed by atoms with Crippen molar-refractivity contribution in [2.45, 2.75) is 65.5 Å². The summed E-state index contributed by atoms with van der Waals surface area (Å²) < 4.78 is 67.7. The lowest BCUT2D eigenvalue weighted by Gasteiger charge is -2.24. The summed E-state index contributed by atoms with van der Waals surface area (Å²) in [5.74, 6) is -4.06. The molecule has 15 rings (SSSR count). The molecule has 0 spiro atoms. The standard InChI is InChI=1S/C31H25FN2O4.C27H22FN5O3S.C14H9FN2O.C13H20O2Si.C7H4BrN/c1-20(31(37)38-19-21-5-3-2-4-6-21)29(22-7-9-23(10-8-22)30(35)36)24-11-16-28-25(17-24)18-33-34(28)27-14-12-26(32)13-15-27;1-16(25(34)31-27-32-29-15-37-27)24(17-3-5-18(6-4-17)26(35)36-2)19-7-12-23-20(13-19)14-30-33(23)22-10-8-21(28)9-11-22;15-12-2-4-13(5-3-12)17-14-6-1-10(9-18)7-11(14)8-16-17;1-5-13(15-16(2,3)4)14-11-12-9-7-6-8-10-12;8-7-3-1-6(5-9)2-4-7/h2-18,20,29H,19H2,1H3,(H,35,36);3-16,24H,1-2H3,(H,31,32,34);1-9H;5-10H,11H2,1-4H3;1-4H/b;;;13-5-;. The summed E-state index contributed by atoms with van der Waals surface area (Å²) in [5, 5.41) is 44.5. The van der Waals surface area contributed by atoms with E-state index in [-0.39, 0.29) is 53.3 Å². The third-order valence-corrected chi connectivity index (χ3v) is 20.4. The zero-order valence-electron chi connectivity index (χ0n) is 65.1. The van der Waals surface area contributed by atoms with Crippen LogP contribution in [0.2, 0.25) is 19.6 Å². The number of aromatic carboxylic acids is 1. The van der Waals surface area contributed by atoms with Gasteiger partial charge in [-0.1, -0.05) is 138 Å². The van der Waals surface area contributed by atoms with E-state index in [0.717, 1.165) is 93.9 Å². The minimum atomic E-state index is -1.57. The summed E-state index contributed by atoms with van der Waals surface area (Å²) >= 11 is 4.51. The smallest absolute Gasteiger partial charge is 0.337 e. The molecule has 0 bridgehead atoms. The molecule has 118 heavy (non-hydrogen) atoms. The fourth-order valence-corrected chi connectivity index (χ4v) is 14.1. The molecule has 2 N–H and O–H groups in total. The fourth-order valence-electron chi connectivity index (χ4n) is 12.6. The van der Waals surface area contributed by atoms with Gasteiger partial charge in [-0.3, -0.25) is 14.4 Å². The van der Waals surface area contributed by atoms with Crippen LogP contribution in [0.5, 0.6) is 0 Å². The largest absolute Gasteiger partial charge is 0.520 e. The Bertz CT molecular complexity index is 5970. The number of nitrogens with one attached hydrogen (secondary N) is 1. The van der Waals surface area contributed by atoms with Crippen molar-refractivity contribution in [2.24, 2.45) is 11.8 Å². The number of carbonyl (C=O) groups excluding carboxylic acids is 4. The number of ether oxygens (including phenoxy) is 3. The van der Waals surface area contributed by atoms with Crippen molar-refractivity contribution in [1.29, 1.82) is 5.26 Å². The highest BCUT2D eigenvalue weighted by atomic mass is 79.9. The molecule has 0 saturated carbocycles. The van der Waals surface area contributed by atoms with Gasteiger partial charge in [-0.15, -0.1) is 10.2 Å². The van der Waals surface area contributed by atoms with Crippen LogP contribution < -0.4 is 5.32 Å². The maximum Gasteiger partial charge on any atom is 0.337 e. The maximum absolute atomic E-state index is 13.4. The second kappa shape index (κ2) is 40.5. The average molecular weight is 1680 g/mol. The second-order valence-electron chi connectivity index (χ2n) is 27.8. The molecule has 0 radical (unpaired) electrons. The van der Waals surface area contributed by atoms with Gasteiger partial charge in [0.25, 0.3) is 5.95 Å². The first-order valence-electron chi connectivity index (χ1n) is 37.1. The number of esters is 2. The Labute approximate surface area is 692 Å². The first-order chi connectivity index (χ1) is 57.0. The van der Waals surface area contributed by atoms with Crippen molar-refractivity contribution in [1.82, 2.24) is 39.5 Å². The van der Waals surface area contributed by atoms with Crippen LogP contribution in [0.1, 0.15) is 103 Å². The van der Waals surface area contributed by atoms with Crippen LogP contribution in [0.3, 0.4) is 0 Å². The molecule has 0 aliphatic carbocycles. The average Bonchev–Trinajstić information content (AvgIpc) is 1.52. The number of hydrogen-bond donors (Lipinski definition) is 2. The number of aromatic nitrogens is 8. The van der Waals surface area contributed by atoms with Gasteiger partial charge in [0, 0.05) is 43.9 Å². The molecule has 26 heteroatoms. The molecule has 0 saturated heterocycles. The number of methoxy groups -OCH3 is 1. The molecular formula is C92H80BrF3N10O10SSi. The van der Waals surface area contributed by atoms with Crippen molar-refractivity contribution in [2.75, 3.05) is 12.4 Å². The summed E-state index contributed by atoms with van der Waals surface area (Å²) in [6.45, 7) is 12.7. The number of fused-ring (bicyclic) bond motifs is 3. The summed E-state index contributed by atoms with van der Waals surface area (Å²) in [5.41, 5.74) is 13.7. The molecule has 1 amide bonds. The van der Waals surface area contributed by atoms with E-state index >= 15 is 0 Å². The van der Waals surface area contributed by atoms with Gasteiger partial charge in [0.1, 0.15) is 42.5 Å². The number of amides is 1. The Morgan fingerprint density at radius 1 is 0.559 bits per heavy atom. The van der Waals surface area contributed by atoms with Crippen molar-refractivity contribution in [3.63, 3.8) is 0 Å². The van der Waals surface area contributed by atoms with Crippen LogP contribution in [0, 0.1) is 40.6 Å². The summed E-state index contributed by atoms with van der Waals surface area (Å²) in [4.78, 5) is 60.4. The number of carboxylic acids is 1. The van der Waals surface area contributed by atoms with E-state index in [2.05, 4.69) is 66.4 Å². The van der Waals surface area contributed by atoms with Crippen molar-refractivity contribution < 1.29 is 60.9 Å². The number of anilines is 1. The van der Waals surface area contributed by atoms with E-state index in [1.165, 1.54) is 67.0 Å². The van der Waals surface area contributed by atoms with Crippen LogP contribution in [0.25, 0.3) is 49.8 Å². The minimum Gasteiger partial charge on any atom is -0.520 e. The number of hydrogen-bond acceptors (Lipinski definition) is 16. The van der Waals surface area contributed by atoms with Crippen LogP contribution >= 0.6 is 27.3 Å². The quantitative estimate of drug-likeness (QED) is 0.0277. The maximum atomic E-state index is 13.4. The van der Waals surface area contributed by atoms with E-state index in [0.29, 0.717) is 34.4 Å². The van der Waals surface area contributed by atoms with Gasteiger partial charge in [-0.05, 0) is 230 Å². The molecule has 4 heterocycles. The minimum absolute atomic E-state index is 0.165. The van der Waals surface area contributed by atoms with E-state index < -0.39 is 32.1 Å². The summed E-state index contributed by atoms with van der Waals surface area (Å²) in [6.07, 6.45) is 7.83. The van der Waals surface area contributed by atoms with Crippen LogP contribution in [-0.4, -0.2) is 90.2 Å². The Morgan fingerprint density at radius 2 is 0.992 bits per heavy atom. The summed E-state index contributed by atoms with van der Waals surface area (Å²) in [6, 6.07) is 77.8. The van der Waals surface area contributed by atoms with Gasteiger partial charge in [0.2, 0.25) is 19.4 Å². The second-order valence-corrected chi connectivity index (χ2v) is 34.0. The van der Waals surface area contributed by atoms with E-state index in [9.17, 15) is 42.3 Å². The van der Waals surface area contributed by atoms with Crippen molar-refractivity contribution in [3.05, 3.63) is 375 Å². The van der Waals surface area contributed by atoms with E-state index in [4.69, 9.17) is 23.9 Å². The van der Waals surface area contributed by atoms with Gasteiger partial charge < -0.3 is 29.1 Å². The molecule has 11 aromatic carbocycles. The van der Waals surface area contributed by atoms with Gasteiger partial charge in [0.15, 0.2) is 0 Å². The Morgan fingerprint density at radius 3 is 1.41 bits per heavy atom. The van der Waals surface area contributed by atoms with Crippen molar-refractivity contribution in [3.8, 4) is 23.1 Å². The number of rotatable bonds is 22. The van der Waals surface area contributed by atoms with Crippen molar-refractivity contribution >= 4 is 104 Å². The van der Waals surface area contributed by atoms with Crippen LogP contribution in [0.4, 0.5) is 18.3 Å². The fraction of sp³-hybridized carbons (Fsp3) is 0.141. The van der Waals surface area contributed by atoms with E-state index in [1.807, 2.05) is 160 Å². The number of nitrogens with zero attached hydrogens (tertiary/aromatic N) is 9. The number of benzene rings is 11. The molecule has 15 aromatic rings. The first kappa shape index (κ1) is 85.1. The van der Waals surface area contributed by atoms with Gasteiger partial charge >= 0.3 is 17.9 Å². The summed E-state index contributed by atoms with van der Waals surface area (Å²) in [7, 11) is -0.239. The normalized spacial score (nSPS) is 12.0. The molecule has 596 valence electrons. The molecule has 0 aliphatic rings. The highest BCUT2D eigenvalue weighted by Gasteiger charge is 2.31. The van der Waals surface area contributed by atoms with Gasteiger partial charge in [-0.25, -0.2) is 36.8 Å². The highest BCUT2D eigenvalue weighted by Crippen LogP contribution is 2.38. The number of carboxylic acid groups (broad SMARTS) is 1. The van der Waals surface area contributed by atoms with Crippen LogP contribution in [0.15, 0.2) is 301 Å². The third kappa shape index (κ3) is 22.8. The number of nitriles is 1. The zero-order valence-corrected chi connectivity index (χ0v) is 68.5. The predicted molar refractivity (Wildman–Crippen MR) is 455 cm³/mol. The van der Waals surface area contributed by atoms with Crippen LogP contribution in [-0.2, 0) is 41.4 Å². The molecule has 4 unspecified atom stereocenters. The molecule has 0 aliphatic heterocycles.